The van der Waals surface area contributed by atoms with Crippen molar-refractivity contribution in [3.8, 4) is 5.69 Å². The van der Waals surface area contributed by atoms with Crippen LogP contribution >= 0.6 is 0 Å². The summed E-state index contributed by atoms with van der Waals surface area (Å²) in [6.07, 6.45) is 0. The molecular weight excluding hydrogens is 369 g/mol. The summed E-state index contributed by atoms with van der Waals surface area (Å²) in [6, 6.07) is 16.1. The van der Waals surface area contributed by atoms with Crippen molar-refractivity contribution >= 4 is 15.9 Å². The first-order chi connectivity index (χ1) is 12.8. The predicted molar refractivity (Wildman–Crippen MR) is 99.4 cm³/mol. The van der Waals surface area contributed by atoms with Crippen LogP contribution in [0.5, 0.6) is 0 Å². The average Bonchev–Trinajstić information content (AvgIpc) is 2.95. The molecule has 6 nitrogen and oxygen atoms in total. The van der Waals surface area contributed by atoms with Gasteiger partial charge in [-0.2, -0.15) is 0 Å². The molecule has 0 saturated heterocycles. The molecule has 140 valence electrons. The number of nitrogens with zero attached hydrogens (tertiary/aromatic N) is 1. The molecule has 0 fully saturated rings. The highest BCUT2D eigenvalue weighted by Gasteiger charge is 2.21. The van der Waals surface area contributed by atoms with Gasteiger partial charge < -0.3 is 4.57 Å². The van der Waals surface area contributed by atoms with Crippen LogP contribution in [-0.2, 0) is 10.0 Å². The summed E-state index contributed by atoms with van der Waals surface area (Å²) in [5.41, 5.74) is 4.82. The van der Waals surface area contributed by atoms with E-state index in [-0.39, 0.29) is 0 Å². The average molecular weight is 387 g/mol. The molecule has 27 heavy (non-hydrogen) atoms. The lowest BCUT2D eigenvalue weighted by molar-refractivity contribution is 0.0944. The largest absolute Gasteiger partial charge is 0.318 e. The van der Waals surface area contributed by atoms with Crippen LogP contribution in [0, 0.1) is 19.7 Å². The summed E-state index contributed by atoms with van der Waals surface area (Å²) >= 11 is 0. The van der Waals surface area contributed by atoms with Crippen LogP contribution in [0.3, 0.4) is 0 Å². The second-order valence-electron chi connectivity index (χ2n) is 5.95. The smallest absolute Gasteiger partial charge is 0.268 e. The molecule has 1 amide bonds. The van der Waals surface area contributed by atoms with E-state index in [0.717, 1.165) is 23.5 Å². The molecular formula is C19H18FN3O3S. The Morgan fingerprint density at radius 1 is 1.00 bits per heavy atom. The fraction of sp³-hybridized carbons (Fsp3) is 0.105. The van der Waals surface area contributed by atoms with Crippen LogP contribution in [0.2, 0.25) is 0 Å². The van der Waals surface area contributed by atoms with Crippen molar-refractivity contribution in [1.82, 2.24) is 14.8 Å². The number of hydrogen-bond donors (Lipinski definition) is 2. The summed E-state index contributed by atoms with van der Waals surface area (Å²) < 4.78 is 40.0. The van der Waals surface area contributed by atoms with Gasteiger partial charge in [-0.3, -0.25) is 10.2 Å². The Balaban J connectivity index is 1.83. The highest BCUT2D eigenvalue weighted by molar-refractivity contribution is 7.89. The van der Waals surface area contributed by atoms with Gasteiger partial charge in [0.15, 0.2) is 0 Å². The van der Waals surface area contributed by atoms with Gasteiger partial charge in [-0.25, -0.2) is 12.8 Å². The predicted octanol–water partition coefficient (Wildman–Crippen LogP) is 2.86. The molecule has 2 N–H and O–H groups in total. The molecule has 0 unspecified atom stereocenters. The van der Waals surface area contributed by atoms with Crippen LogP contribution < -0.4 is 10.3 Å². The number of rotatable bonds is 5. The van der Waals surface area contributed by atoms with Gasteiger partial charge in [0, 0.05) is 17.1 Å². The minimum absolute atomic E-state index is 0.313. The third-order valence-corrected chi connectivity index (χ3v) is 5.40. The number of hydrogen-bond acceptors (Lipinski definition) is 3. The number of benzene rings is 2. The van der Waals surface area contributed by atoms with Crippen LogP contribution in [0.1, 0.15) is 21.7 Å². The molecule has 0 aliphatic carbocycles. The molecule has 0 aliphatic rings. The molecule has 0 spiro atoms. The lowest BCUT2D eigenvalue weighted by atomic mass is 10.2. The van der Waals surface area contributed by atoms with Crippen molar-refractivity contribution in [2.75, 3.05) is 0 Å². The van der Waals surface area contributed by atoms with Crippen molar-refractivity contribution < 1.29 is 17.6 Å². The number of nitrogens with one attached hydrogen (secondary N) is 2. The van der Waals surface area contributed by atoms with Crippen LogP contribution in [-0.4, -0.2) is 18.9 Å². The molecule has 0 atom stereocenters. The van der Waals surface area contributed by atoms with Crippen molar-refractivity contribution in [3.63, 3.8) is 0 Å². The summed E-state index contributed by atoms with van der Waals surface area (Å²) in [7, 11) is -4.23. The van der Waals surface area contributed by atoms with E-state index in [0.29, 0.717) is 11.3 Å². The van der Waals surface area contributed by atoms with Gasteiger partial charge in [0.1, 0.15) is 10.7 Å². The van der Waals surface area contributed by atoms with Crippen molar-refractivity contribution in [3.05, 3.63) is 83.4 Å². The van der Waals surface area contributed by atoms with Crippen molar-refractivity contribution in [2.45, 2.75) is 18.7 Å². The van der Waals surface area contributed by atoms with Gasteiger partial charge in [-0.05, 0) is 44.2 Å². The van der Waals surface area contributed by atoms with E-state index < -0.39 is 26.6 Å². The minimum atomic E-state index is -4.23. The number of aryl methyl sites for hydroxylation is 1. The third-order valence-electron chi connectivity index (χ3n) is 4.12. The zero-order valence-corrected chi connectivity index (χ0v) is 15.5. The second kappa shape index (κ2) is 7.34. The number of carbonyl (C=O) groups excluding carboxylic acids is 1. The van der Waals surface area contributed by atoms with Crippen LogP contribution in [0.4, 0.5) is 4.39 Å². The fourth-order valence-electron chi connectivity index (χ4n) is 2.87. The van der Waals surface area contributed by atoms with E-state index in [1.165, 1.54) is 12.1 Å². The van der Waals surface area contributed by atoms with Crippen molar-refractivity contribution in [2.24, 2.45) is 0 Å². The maximum absolute atomic E-state index is 13.7. The number of para-hydroxylation sites is 1. The third kappa shape index (κ3) is 3.76. The second-order valence-corrected chi connectivity index (χ2v) is 7.60. The maximum atomic E-state index is 13.7. The molecule has 8 heteroatoms. The van der Waals surface area contributed by atoms with E-state index in [9.17, 15) is 17.6 Å². The lowest BCUT2D eigenvalue weighted by Gasteiger charge is -2.11. The standard InChI is InChI=1S/C19H18FN3O3S/c1-13-12-16(14(2)23(13)15-8-4-3-5-9-15)19(24)21-22-27(25,26)18-11-7-6-10-17(18)20/h3-12,22H,1-2H3,(H,21,24). The Morgan fingerprint density at radius 2 is 1.63 bits per heavy atom. The normalized spacial score (nSPS) is 11.4. The number of hydrazine groups is 1. The van der Waals surface area contributed by atoms with Crippen LogP contribution in [0.15, 0.2) is 65.6 Å². The number of sulfonamides is 1. The van der Waals surface area contributed by atoms with Gasteiger partial charge >= 0.3 is 0 Å². The molecule has 0 aliphatic heterocycles. The first-order valence-corrected chi connectivity index (χ1v) is 9.60. The fourth-order valence-corrected chi connectivity index (χ4v) is 3.79. The molecule has 0 radical (unpaired) electrons. The number of carbonyl (C=O) groups is 1. The van der Waals surface area contributed by atoms with Crippen molar-refractivity contribution in [1.29, 1.82) is 0 Å². The van der Waals surface area contributed by atoms with Gasteiger partial charge in [0.05, 0.1) is 5.56 Å². The summed E-state index contributed by atoms with van der Waals surface area (Å²) in [5.74, 6) is -1.54. The zero-order chi connectivity index (χ0) is 19.6. The lowest BCUT2D eigenvalue weighted by Crippen LogP contribution is -2.42. The SMILES string of the molecule is Cc1cc(C(=O)NNS(=O)(=O)c2ccccc2F)c(C)n1-c1ccccc1. The summed E-state index contributed by atoms with van der Waals surface area (Å²) in [6.45, 7) is 3.61. The van der Waals surface area contributed by atoms with E-state index in [2.05, 4.69) is 5.43 Å². The van der Waals surface area contributed by atoms with Gasteiger partial charge in [0.2, 0.25) is 0 Å². The molecule has 3 rings (SSSR count). The molecule has 3 aromatic rings. The van der Waals surface area contributed by atoms with E-state index in [1.54, 1.807) is 13.0 Å². The monoisotopic (exact) mass is 387 g/mol. The first-order valence-electron chi connectivity index (χ1n) is 8.12. The highest BCUT2D eigenvalue weighted by atomic mass is 32.2. The molecule has 1 aromatic heterocycles. The first kappa shape index (κ1) is 18.8. The Morgan fingerprint density at radius 3 is 2.30 bits per heavy atom. The van der Waals surface area contributed by atoms with E-state index >= 15 is 0 Å². The Labute approximate surface area is 156 Å². The molecule has 2 aromatic carbocycles. The molecule has 0 saturated carbocycles. The molecule has 0 bridgehead atoms. The zero-order valence-electron chi connectivity index (χ0n) is 14.7. The maximum Gasteiger partial charge on any atom is 0.268 e. The topological polar surface area (TPSA) is 80.2 Å². The Kier molecular flexibility index (Phi) is 5.11. The van der Waals surface area contributed by atoms with Gasteiger partial charge in [-0.15, -0.1) is 4.83 Å². The van der Waals surface area contributed by atoms with Crippen LogP contribution in [0.25, 0.3) is 5.69 Å². The minimum Gasteiger partial charge on any atom is -0.318 e. The number of amides is 1. The van der Waals surface area contributed by atoms with E-state index in [1.807, 2.05) is 46.7 Å². The quantitative estimate of drug-likeness (QED) is 0.661. The Bertz CT molecular complexity index is 1090. The van der Waals surface area contributed by atoms with Gasteiger partial charge in [-0.1, -0.05) is 30.3 Å². The highest BCUT2D eigenvalue weighted by Crippen LogP contribution is 2.20. The summed E-state index contributed by atoms with van der Waals surface area (Å²) in [4.78, 5) is 13.9. The van der Waals surface area contributed by atoms with E-state index in [4.69, 9.17) is 0 Å². The van der Waals surface area contributed by atoms with Gasteiger partial charge in [0.25, 0.3) is 15.9 Å². The summed E-state index contributed by atoms with van der Waals surface area (Å²) in [5, 5.41) is 0. The molecule has 1 heterocycles. The Hall–Kier alpha value is -2.97. The number of halogens is 1. The number of aromatic nitrogens is 1.